The molecule has 0 spiro atoms. The Bertz CT molecular complexity index is 432. The number of benzene rings is 1. The number of hydrogen-bond acceptors (Lipinski definition) is 3. The molecule has 1 aromatic rings. The minimum Gasteiger partial charge on any atom is -0.369 e. The summed E-state index contributed by atoms with van der Waals surface area (Å²) >= 11 is 0. The lowest BCUT2D eigenvalue weighted by atomic mass is 9.86. The fourth-order valence-electron chi connectivity index (χ4n) is 3.58. The molecule has 21 heavy (non-hydrogen) atoms. The molecule has 4 heteroatoms. The molecule has 0 atom stereocenters. The molecule has 0 amide bonds. The highest BCUT2D eigenvalue weighted by Crippen LogP contribution is 2.25. The van der Waals surface area contributed by atoms with Gasteiger partial charge in [0, 0.05) is 44.5 Å². The van der Waals surface area contributed by atoms with Crippen LogP contribution in [0.3, 0.4) is 0 Å². The van der Waals surface area contributed by atoms with E-state index in [9.17, 15) is 4.39 Å². The molecular weight excluding hydrogens is 265 g/mol. The van der Waals surface area contributed by atoms with Crippen LogP contribution < -0.4 is 10.6 Å². The number of piperazine rings is 1. The molecule has 1 aliphatic heterocycles. The lowest BCUT2D eigenvalue weighted by molar-refractivity contribution is 0.186. The van der Waals surface area contributed by atoms with Crippen LogP contribution in [-0.4, -0.2) is 43.7 Å². The van der Waals surface area contributed by atoms with E-state index in [2.05, 4.69) is 9.80 Å². The second-order valence-electron chi connectivity index (χ2n) is 6.54. The van der Waals surface area contributed by atoms with Crippen molar-refractivity contribution in [3.05, 3.63) is 30.1 Å². The van der Waals surface area contributed by atoms with Gasteiger partial charge in [-0.15, -0.1) is 0 Å². The summed E-state index contributed by atoms with van der Waals surface area (Å²) in [6.45, 7) is 5.53. The van der Waals surface area contributed by atoms with Gasteiger partial charge < -0.3 is 10.6 Å². The fourth-order valence-corrected chi connectivity index (χ4v) is 3.58. The third kappa shape index (κ3) is 3.95. The van der Waals surface area contributed by atoms with Gasteiger partial charge in [0.15, 0.2) is 0 Å². The first-order valence-electron chi connectivity index (χ1n) is 8.19. The van der Waals surface area contributed by atoms with Crippen LogP contribution in [0.25, 0.3) is 0 Å². The summed E-state index contributed by atoms with van der Waals surface area (Å²) in [6, 6.07) is 7.30. The first-order chi connectivity index (χ1) is 10.2. The van der Waals surface area contributed by atoms with Gasteiger partial charge >= 0.3 is 0 Å². The van der Waals surface area contributed by atoms with E-state index in [1.54, 1.807) is 12.1 Å². The number of nitrogens with zero attached hydrogens (tertiary/aromatic N) is 2. The summed E-state index contributed by atoms with van der Waals surface area (Å²) in [7, 11) is 0. The molecular formula is C17H26FN3. The Morgan fingerprint density at radius 1 is 0.952 bits per heavy atom. The van der Waals surface area contributed by atoms with E-state index in [1.165, 1.54) is 32.2 Å². The zero-order chi connectivity index (χ0) is 14.7. The normalized spacial score (nSPS) is 27.8. The summed E-state index contributed by atoms with van der Waals surface area (Å²) in [4.78, 5) is 4.94. The quantitative estimate of drug-likeness (QED) is 0.928. The van der Waals surface area contributed by atoms with Gasteiger partial charge in [-0.2, -0.15) is 0 Å². The molecule has 1 heterocycles. The van der Waals surface area contributed by atoms with E-state index >= 15 is 0 Å². The average molecular weight is 291 g/mol. The van der Waals surface area contributed by atoms with Crippen LogP contribution in [0.1, 0.15) is 25.7 Å². The topological polar surface area (TPSA) is 32.5 Å². The second-order valence-corrected chi connectivity index (χ2v) is 6.54. The molecule has 116 valence electrons. The Labute approximate surface area is 126 Å². The van der Waals surface area contributed by atoms with Crippen molar-refractivity contribution < 1.29 is 4.39 Å². The molecule has 3 nitrogen and oxygen atoms in total. The minimum absolute atomic E-state index is 0.159. The van der Waals surface area contributed by atoms with E-state index < -0.39 is 0 Å². The Morgan fingerprint density at radius 2 is 1.57 bits per heavy atom. The molecule has 3 rings (SSSR count). The standard InChI is InChI=1S/C17H26FN3/c18-15-3-7-17(8-4-15)21-11-9-20(10-12-21)13-14-1-5-16(19)6-2-14/h3-4,7-8,14,16H,1-2,5-6,9-13,19H2. The summed E-state index contributed by atoms with van der Waals surface area (Å²) in [5.41, 5.74) is 7.11. The highest BCUT2D eigenvalue weighted by atomic mass is 19.1. The van der Waals surface area contributed by atoms with Crippen molar-refractivity contribution in [3.63, 3.8) is 0 Å². The van der Waals surface area contributed by atoms with Gasteiger partial charge in [0.25, 0.3) is 0 Å². The Kier molecular flexibility index (Phi) is 4.76. The predicted octanol–water partition coefficient (Wildman–Crippen LogP) is 2.47. The van der Waals surface area contributed by atoms with Crippen molar-refractivity contribution in [2.45, 2.75) is 31.7 Å². The first-order valence-corrected chi connectivity index (χ1v) is 8.19. The van der Waals surface area contributed by atoms with E-state index in [-0.39, 0.29) is 5.82 Å². The van der Waals surface area contributed by atoms with Gasteiger partial charge in [0.2, 0.25) is 0 Å². The Balaban J connectivity index is 1.45. The van der Waals surface area contributed by atoms with Crippen molar-refractivity contribution in [1.82, 2.24) is 4.90 Å². The number of rotatable bonds is 3. The van der Waals surface area contributed by atoms with E-state index in [0.29, 0.717) is 6.04 Å². The zero-order valence-electron chi connectivity index (χ0n) is 12.7. The van der Waals surface area contributed by atoms with Crippen molar-refractivity contribution in [2.24, 2.45) is 11.7 Å². The zero-order valence-corrected chi connectivity index (χ0v) is 12.7. The third-order valence-corrected chi connectivity index (χ3v) is 4.97. The highest BCUT2D eigenvalue weighted by Gasteiger charge is 2.23. The van der Waals surface area contributed by atoms with Crippen LogP contribution in [0.5, 0.6) is 0 Å². The highest BCUT2D eigenvalue weighted by molar-refractivity contribution is 5.46. The van der Waals surface area contributed by atoms with Crippen molar-refractivity contribution >= 4 is 5.69 Å². The van der Waals surface area contributed by atoms with Crippen LogP contribution in [0.2, 0.25) is 0 Å². The molecule has 0 bridgehead atoms. The van der Waals surface area contributed by atoms with Gasteiger partial charge in [-0.05, 0) is 55.9 Å². The molecule has 2 fully saturated rings. The summed E-state index contributed by atoms with van der Waals surface area (Å²) < 4.78 is 13.0. The molecule has 1 saturated heterocycles. The lowest BCUT2D eigenvalue weighted by Crippen LogP contribution is -2.48. The molecule has 1 saturated carbocycles. The van der Waals surface area contributed by atoms with Gasteiger partial charge in [-0.25, -0.2) is 4.39 Å². The van der Waals surface area contributed by atoms with E-state index in [1.807, 2.05) is 12.1 Å². The van der Waals surface area contributed by atoms with Crippen LogP contribution in [0, 0.1) is 11.7 Å². The predicted molar refractivity (Wildman–Crippen MR) is 85.0 cm³/mol. The van der Waals surface area contributed by atoms with Crippen molar-refractivity contribution in [1.29, 1.82) is 0 Å². The molecule has 0 aromatic heterocycles. The molecule has 1 aliphatic carbocycles. The number of hydrogen-bond donors (Lipinski definition) is 1. The smallest absolute Gasteiger partial charge is 0.123 e. The number of nitrogens with two attached hydrogens (primary N) is 1. The molecule has 2 aliphatic rings. The third-order valence-electron chi connectivity index (χ3n) is 4.97. The van der Waals surface area contributed by atoms with Gasteiger partial charge in [0.05, 0.1) is 0 Å². The number of anilines is 1. The van der Waals surface area contributed by atoms with Crippen LogP contribution >= 0.6 is 0 Å². The Morgan fingerprint density at radius 3 is 2.19 bits per heavy atom. The first kappa shape index (κ1) is 14.8. The lowest BCUT2D eigenvalue weighted by Gasteiger charge is -2.38. The largest absolute Gasteiger partial charge is 0.369 e. The van der Waals surface area contributed by atoms with E-state index in [0.717, 1.165) is 37.8 Å². The maximum absolute atomic E-state index is 13.0. The van der Waals surface area contributed by atoms with Crippen molar-refractivity contribution in [3.8, 4) is 0 Å². The van der Waals surface area contributed by atoms with Crippen molar-refractivity contribution in [2.75, 3.05) is 37.6 Å². The Hall–Kier alpha value is -1.13. The number of halogens is 1. The molecule has 2 N–H and O–H groups in total. The van der Waals surface area contributed by atoms with Gasteiger partial charge in [0.1, 0.15) is 5.82 Å². The fraction of sp³-hybridized carbons (Fsp3) is 0.647. The summed E-state index contributed by atoms with van der Waals surface area (Å²) in [5, 5.41) is 0. The summed E-state index contributed by atoms with van der Waals surface area (Å²) in [6.07, 6.45) is 4.97. The molecule has 0 unspecified atom stereocenters. The van der Waals surface area contributed by atoms with Gasteiger partial charge in [-0.3, -0.25) is 4.90 Å². The average Bonchev–Trinajstić information content (AvgIpc) is 2.51. The summed E-state index contributed by atoms with van der Waals surface area (Å²) in [5.74, 6) is 0.676. The maximum atomic E-state index is 13.0. The van der Waals surface area contributed by atoms with Crippen LogP contribution in [0.15, 0.2) is 24.3 Å². The SMILES string of the molecule is NC1CCC(CN2CCN(c3ccc(F)cc3)CC2)CC1. The monoisotopic (exact) mass is 291 g/mol. The van der Waals surface area contributed by atoms with Crippen LogP contribution in [0.4, 0.5) is 10.1 Å². The van der Waals surface area contributed by atoms with Crippen LogP contribution in [-0.2, 0) is 0 Å². The minimum atomic E-state index is -0.159. The molecule has 0 radical (unpaired) electrons. The van der Waals surface area contributed by atoms with Gasteiger partial charge in [-0.1, -0.05) is 0 Å². The van der Waals surface area contributed by atoms with E-state index in [4.69, 9.17) is 5.73 Å². The molecule has 1 aromatic carbocycles. The second kappa shape index (κ2) is 6.75. The maximum Gasteiger partial charge on any atom is 0.123 e.